The van der Waals surface area contributed by atoms with Gasteiger partial charge in [0, 0.05) is 16.8 Å². The molecular formula is C12H13N3O3S. The summed E-state index contributed by atoms with van der Waals surface area (Å²) in [6.07, 6.45) is 1.68. The summed E-state index contributed by atoms with van der Waals surface area (Å²) in [5.74, 6) is -1.35. The van der Waals surface area contributed by atoms with Gasteiger partial charge in [0.05, 0.1) is 17.6 Å². The molecule has 0 bridgehead atoms. The van der Waals surface area contributed by atoms with Crippen LogP contribution in [0.2, 0.25) is 0 Å². The van der Waals surface area contributed by atoms with Gasteiger partial charge < -0.3 is 15.4 Å². The van der Waals surface area contributed by atoms with Crippen LogP contribution in [-0.4, -0.2) is 27.0 Å². The van der Waals surface area contributed by atoms with Crippen molar-refractivity contribution in [3.8, 4) is 0 Å². The number of rotatable bonds is 4. The molecule has 0 radical (unpaired) electrons. The Hall–Kier alpha value is -2.15. The fourth-order valence-electron chi connectivity index (χ4n) is 1.89. The lowest BCUT2D eigenvalue weighted by molar-refractivity contribution is 0.0690. The Bertz CT molecular complexity index is 616. The average molecular weight is 279 g/mol. The van der Waals surface area contributed by atoms with E-state index in [9.17, 15) is 9.59 Å². The van der Waals surface area contributed by atoms with Crippen molar-refractivity contribution in [2.75, 3.05) is 0 Å². The minimum Gasteiger partial charge on any atom is -0.477 e. The maximum absolute atomic E-state index is 12.1. The molecule has 0 unspecified atom stereocenters. The van der Waals surface area contributed by atoms with Crippen LogP contribution in [0.1, 0.15) is 37.0 Å². The summed E-state index contributed by atoms with van der Waals surface area (Å²) >= 11 is 1.45. The number of carboxylic acids is 1. The first-order chi connectivity index (χ1) is 9.00. The van der Waals surface area contributed by atoms with Crippen LogP contribution in [-0.2, 0) is 6.54 Å². The minimum absolute atomic E-state index is 0.0560. The number of hydrogen-bond acceptors (Lipinski definition) is 4. The highest BCUT2D eigenvalue weighted by Crippen LogP contribution is 2.18. The van der Waals surface area contributed by atoms with Gasteiger partial charge in [-0.2, -0.15) is 0 Å². The first-order valence-electron chi connectivity index (χ1n) is 5.58. The predicted molar refractivity (Wildman–Crippen MR) is 70.5 cm³/mol. The lowest BCUT2D eigenvalue weighted by Gasteiger charge is -2.04. The molecule has 0 aliphatic rings. The van der Waals surface area contributed by atoms with Crippen molar-refractivity contribution in [1.82, 2.24) is 15.3 Å². The van der Waals surface area contributed by atoms with Crippen molar-refractivity contribution in [3.63, 3.8) is 0 Å². The summed E-state index contributed by atoms with van der Waals surface area (Å²) in [7, 11) is 0. The summed E-state index contributed by atoms with van der Waals surface area (Å²) in [5.41, 5.74) is 3.14. The number of hydrogen-bond donors (Lipinski definition) is 3. The number of nitrogens with one attached hydrogen (secondary N) is 2. The Morgan fingerprint density at radius 3 is 2.74 bits per heavy atom. The highest BCUT2D eigenvalue weighted by atomic mass is 32.1. The van der Waals surface area contributed by atoms with Gasteiger partial charge in [0.1, 0.15) is 5.69 Å². The van der Waals surface area contributed by atoms with Crippen molar-refractivity contribution < 1.29 is 14.7 Å². The Kier molecular flexibility index (Phi) is 3.66. The monoisotopic (exact) mass is 279 g/mol. The SMILES string of the molecule is Cc1[nH]c(C(=O)O)c(C)c1C(=O)NCc1cncs1. The van der Waals surface area contributed by atoms with Crippen LogP contribution in [0.25, 0.3) is 0 Å². The van der Waals surface area contributed by atoms with Gasteiger partial charge >= 0.3 is 5.97 Å². The average Bonchev–Trinajstić information content (AvgIpc) is 2.94. The second-order valence-electron chi connectivity index (χ2n) is 4.08. The van der Waals surface area contributed by atoms with E-state index in [0.29, 0.717) is 23.4 Å². The molecule has 0 aliphatic heterocycles. The van der Waals surface area contributed by atoms with Crippen molar-refractivity contribution >= 4 is 23.2 Å². The summed E-state index contributed by atoms with van der Waals surface area (Å²) in [4.78, 5) is 30.6. The van der Waals surface area contributed by atoms with Gasteiger partial charge in [-0.3, -0.25) is 9.78 Å². The maximum atomic E-state index is 12.1. The molecular weight excluding hydrogens is 266 g/mol. The quantitative estimate of drug-likeness (QED) is 0.794. The highest BCUT2D eigenvalue weighted by molar-refractivity contribution is 7.09. The summed E-state index contributed by atoms with van der Waals surface area (Å²) < 4.78 is 0. The van der Waals surface area contributed by atoms with Gasteiger partial charge in [0.2, 0.25) is 0 Å². The molecule has 2 aromatic rings. The zero-order valence-electron chi connectivity index (χ0n) is 10.5. The van der Waals surface area contributed by atoms with E-state index in [1.807, 2.05) is 0 Å². The molecule has 6 nitrogen and oxygen atoms in total. The first kappa shape index (κ1) is 13.3. The number of aromatic carboxylic acids is 1. The van der Waals surface area contributed by atoms with Gasteiger partial charge in [-0.25, -0.2) is 4.79 Å². The number of thiazole rings is 1. The molecule has 1 amide bonds. The minimum atomic E-state index is -1.07. The standard InChI is InChI=1S/C12H13N3O3S/c1-6-9(7(2)15-10(6)12(17)18)11(16)14-4-8-3-13-5-19-8/h3,5,15H,4H2,1-2H3,(H,14,16)(H,17,18). The second-order valence-corrected chi connectivity index (χ2v) is 5.05. The van der Waals surface area contributed by atoms with E-state index in [2.05, 4.69) is 15.3 Å². The number of aromatic nitrogens is 2. The molecule has 0 atom stereocenters. The molecule has 7 heteroatoms. The van der Waals surface area contributed by atoms with Gasteiger partial charge in [0.15, 0.2) is 0 Å². The summed E-state index contributed by atoms with van der Waals surface area (Å²) in [6, 6.07) is 0. The molecule has 2 heterocycles. The Labute approximate surface area is 113 Å². The third-order valence-electron chi connectivity index (χ3n) is 2.79. The summed E-state index contributed by atoms with van der Waals surface area (Å²) in [5, 5.41) is 11.7. The zero-order valence-corrected chi connectivity index (χ0v) is 11.3. The number of carbonyl (C=O) groups excluding carboxylic acids is 1. The van der Waals surface area contributed by atoms with Crippen LogP contribution < -0.4 is 5.32 Å². The van der Waals surface area contributed by atoms with Crippen molar-refractivity contribution in [2.24, 2.45) is 0 Å². The number of nitrogens with zero attached hydrogens (tertiary/aromatic N) is 1. The normalized spacial score (nSPS) is 10.4. The maximum Gasteiger partial charge on any atom is 0.352 e. The molecule has 2 aromatic heterocycles. The molecule has 3 N–H and O–H groups in total. The number of aromatic amines is 1. The third-order valence-corrected chi connectivity index (χ3v) is 3.56. The van der Waals surface area contributed by atoms with Crippen LogP contribution in [0.5, 0.6) is 0 Å². The van der Waals surface area contributed by atoms with E-state index in [1.54, 1.807) is 25.6 Å². The Balaban J connectivity index is 2.17. The van der Waals surface area contributed by atoms with E-state index in [4.69, 9.17) is 5.11 Å². The molecule has 2 rings (SSSR count). The molecule has 0 fully saturated rings. The molecule has 0 aromatic carbocycles. The van der Waals surface area contributed by atoms with Gasteiger partial charge in [0.25, 0.3) is 5.91 Å². The topological polar surface area (TPSA) is 95.1 Å². The second kappa shape index (κ2) is 5.23. The van der Waals surface area contributed by atoms with Gasteiger partial charge in [-0.1, -0.05) is 0 Å². The molecule has 0 saturated heterocycles. The van der Waals surface area contributed by atoms with E-state index < -0.39 is 5.97 Å². The van der Waals surface area contributed by atoms with Crippen molar-refractivity contribution in [1.29, 1.82) is 0 Å². The highest BCUT2D eigenvalue weighted by Gasteiger charge is 2.21. The lowest BCUT2D eigenvalue weighted by Crippen LogP contribution is -2.23. The van der Waals surface area contributed by atoms with Gasteiger partial charge in [-0.05, 0) is 19.4 Å². The number of carbonyl (C=O) groups is 2. The largest absolute Gasteiger partial charge is 0.477 e. The molecule has 19 heavy (non-hydrogen) atoms. The fourth-order valence-corrected chi connectivity index (χ4v) is 2.42. The van der Waals surface area contributed by atoms with E-state index in [1.165, 1.54) is 11.3 Å². The Morgan fingerprint density at radius 1 is 1.47 bits per heavy atom. The van der Waals surface area contributed by atoms with Crippen LogP contribution >= 0.6 is 11.3 Å². The third kappa shape index (κ3) is 2.65. The Morgan fingerprint density at radius 2 is 2.21 bits per heavy atom. The van der Waals surface area contributed by atoms with Crippen LogP contribution in [0.15, 0.2) is 11.7 Å². The number of amides is 1. The fraction of sp³-hybridized carbons (Fsp3) is 0.250. The lowest BCUT2D eigenvalue weighted by atomic mass is 10.1. The molecule has 100 valence electrons. The van der Waals surface area contributed by atoms with Crippen molar-refractivity contribution in [2.45, 2.75) is 20.4 Å². The number of aryl methyl sites for hydroxylation is 1. The molecule has 0 spiro atoms. The van der Waals surface area contributed by atoms with Gasteiger partial charge in [-0.15, -0.1) is 11.3 Å². The van der Waals surface area contributed by atoms with E-state index >= 15 is 0 Å². The zero-order chi connectivity index (χ0) is 14.0. The first-order valence-corrected chi connectivity index (χ1v) is 6.46. The number of H-pyrrole nitrogens is 1. The van der Waals surface area contributed by atoms with E-state index in [-0.39, 0.29) is 11.6 Å². The predicted octanol–water partition coefficient (Wildman–Crippen LogP) is 1.72. The smallest absolute Gasteiger partial charge is 0.352 e. The van der Waals surface area contributed by atoms with Crippen molar-refractivity contribution in [3.05, 3.63) is 39.1 Å². The molecule has 0 aliphatic carbocycles. The van der Waals surface area contributed by atoms with Crippen LogP contribution in [0.3, 0.4) is 0 Å². The van der Waals surface area contributed by atoms with Crippen LogP contribution in [0.4, 0.5) is 0 Å². The number of carboxylic acid groups (broad SMARTS) is 1. The molecule has 0 saturated carbocycles. The van der Waals surface area contributed by atoms with Crippen LogP contribution in [0, 0.1) is 13.8 Å². The van der Waals surface area contributed by atoms with E-state index in [0.717, 1.165) is 4.88 Å². The summed E-state index contributed by atoms with van der Waals surface area (Å²) in [6.45, 7) is 3.69.